The molecule has 0 radical (unpaired) electrons. The SMILES string of the molecule is CCCCC(=O)NS(=O)(=O)Cc1cc(Cl)ccc1F. The third-order valence-corrected chi connectivity index (χ3v) is 3.84. The number of benzene rings is 1. The van der Waals surface area contributed by atoms with Crippen LogP contribution in [-0.2, 0) is 20.6 Å². The summed E-state index contributed by atoms with van der Waals surface area (Å²) in [5, 5.41) is 0.240. The van der Waals surface area contributed by atoms with E-state index >= 15 is 0 Å². The van der Waals surface area contributed by atoms with Crippen LogP contribution < -0.4 is 4.72 Å². The molecule has 0 bridgehead atoms. The van der Waals surface area contributed by atoms with Gasteiger partial charge in [0.25, 0.3) is 0 Å². The van der Waals surface area contributed by atoms with E-state index in [1.54, 1.807) is 0 Å². The number of halogens is 2. The molecule has 0 saturated carbocycles. The Hall–Kier alpha value is -1.14. The second-order valence-electron chi connectivity index (χ2n) is 4.12. The molecule has 0 atom stereocenters. The maximum Gasteiger partial charge on any atom is 0.239 e. The van der Waals surface area contributed by atoms with Crippen molar-refractivity contribution in [2.45, 2.75) is 31.9 Å². The van der Waals surface area contributed by atoms with E-state index in [1.165, 1.54) is 12.1 Å². The van der Waals surface area contributed by atoms with Gasteiger partial charge in [0.15, 0.2) is 0 Å². The minimum Gasteiger partial charge on any atom is -0.274 e. The molecular weight excluding hydrogens is 293 g/mol. The smallest absolute Gasteiger partial charge is 0.239 e. The molecule has 7 heteroatoms. The van der Waals surface area contributed by atoms with E-state index in [0.29, 0.717) is 6.42 Å². The Morgan fingerprint density at radius 1 is 1.42 bits per heavy atom. The minimum absolute atomic E-state index is 0.0664. The number of hydrogen-bond donors (Lipinski definition) is 1. The molecule has 0 spiro atoms. The normalized spacial score (nSPS) is 11.3. The summed E-state index contributed by atoms with van der Waals surface area (Å²) >= 11 is 5.67. The van der Waals surface area contributed by atoms with Gasteiger partial charge in [-0.05, 0) is 24.6 Å². The number of unbranched alkanes of at least 4 members (excludes halogenated alkanes) is 1. The van der Waals surface area contributed by atoms with Crippen molar-refractivity contribution < 1.29 is 17.6 Å². The number of hydrogen-bond acceptors (Lipinski definition) is 3. The number of amides is 1. The zero-order valence-corrected chi connectivity index (χ0v) is 12.0. The van der Waals surface area contributed by atoms with Crippen molar-refractivity contribution in [3.05, 3.63) is 34.6 Å². The molecule has 0 unspecified atom stereocenters. The van der Waals surface area contributed by atoms with Crippen LogP contribution in [0.3, 0.4) is 0 Å². The van der Waals surface area contributed by atoms with Crippen LogP contribution in [-0.4, -0.2) is 14.3 Å². The Kier molecular flexibility index (Phi) is 5.75. The van der Waals surface area contributed by atoms with Gasteiger partial charge in [0.2, 0.25) is 15.9 Å². The third kappa shape index (κ3) is 5.57. The lowest BCUT2D eigenvalue weighted by Crippen LogP contribution is -2.31. The Morgan fingerprint density at radius 3 is 2.74 bits per heavy atom. The van der Waals surface area contributed by atoms with Crippen LogP contribution in [0.15, 0.2) is 18.2 Å². The second kappa shape index (κ2) is 6.86. The zero-order valence-electron chi connectivity index (χ0n) is 10.4. The van der Waals surface area contributed by atoms with Gasteiger partial charge in [-0.3, -0.25) is 9.52 Å². The lowest BCUT2D eigenvalue weighted by molar-refractivity contribution is -0.119. The van der Waals surface area contributed by atoms with E-state index in [0.717, 1.165) is 12.5 Å². The summed E-state index contributed by atoms with van der Waals surface area (Å²) in [7, 11) is -3.90. The number of nitrogens with one attached hydrogen (secondary N) is 1. The molecule has 1 rings (SSSR count). The van der Waals surface area contributed by atoms with Crippen LogP contribution in [0.2, 0.25) is 5.02 Å². The molecule has 106 valence electrons. The molecule has 0 aliphatic carbocycles. The molecule has 1 N–H and O–H groups in total. The highest BCUT2D eigenvalue weighted by molar-refractivity contribution is 7.89. The van der Waals surface area contributed by atoms with Crippen molar-refractivity contribution in [2.24, 2.45) is 0 Å². The third-order valence-electron chi connectivity index (χ3n) is 2.38. The predicted octanol–water partition coefficient (Wildman–Crippen LogP) is 2.62. The molecule has 19 heavy (non-hydrogen) atoms. The van der Waals surface area contributed by atoms with E-state index in [1.807, 2.05) is 11.6 Å². The van der Waals surface area contributed by atoms with Crippen molar-refractivity contribution >= 4 is 27.5 Å². The van der Waals surface area contributed by atoms with Gasteiger partial charge in [-0.25, -0.2) is 12.8 Å². The molecule has 1 aromatic rings. The van der Waals surface area contributed by atoms with E-state index in [-0.39, 0.29) is 17.0 Å². The van der Waals surface area contributed by atoms with Crippen molar-refractivity contribution in [2.75, 3.05) is 0 Å². The van der Waals surface area contributed by atoms with Crippen molar-refractivity contribution in [3.8, 4) is 0 Å². The highest BCUT2D eigenvalue weighted by Crippen LogP contribution is 2.17. The minimum atomic E-state index is -3.90. The van der Waals surface area contributed by atoms with Crippen LogP contribution in [0.5, 0.6) is 0 Å². The molecule has 0 heterocycles. The van der Waals surface area contributed by atoms with Crippen LogP contribution in [0.1, 0.15) is 31.7 Å². The first-order valence-electron chi connectivity index (χ1n) is 5.81. The van der Waals surface area contributed by atoms with E-state index in [2.05, 4.69) is 0 Å². The lowest BCUT2D eigenvalue weighted by atomic mass is 10.2. The lowest BCUT2D eigenvalue weighted by Gasteiger charge is -2.07. The predicted molar refractivity (Wildman–Crippen MR) is 71.7 cm³/mol. The van der Waals surface area contributed by atoms with Crippen molar-refractivity contribution in [1.82, 2.24) is 4.72 Å². The van der Waals surface area contributed by atoms with Gasteiger partial charge in [0.1, 0.15) is 5.82 Å². The number of rotatable bonds is 6. The Labute approximate surface area is 117 Å². The summed E-state index contributed by atoms with van der Waals surface area (Å²) in [6.07, 6.45) is 1.52. The Balaban J connectivity index is 2.74. The topological polar surface area (TPSA) is 63.2 Å². The van der Waals surface area contributed by atoms with E-state index in [4.69, 9.17) is 11.6 Å². The number of carbonyl (C=O) groups is 1. The summed E-state index contributed by atoms with van der Waals surface area (Å²) in [6.45, 7) is 1.89. The standard InChI is InChI=1S/C12H15ClFNO3S/c1-2-3-4-12(16)15-19(17,18)8-9-7-10(13)5-6-11(9)14/h5-7H,2-4,8H2,1H3,(H,15,16). The fraction of sp³-hybridized carbons (Fsp3) is 0.417. The summed E-state index contributed by atoms with van der Waals surface area (Å²) < 4.78 is 38.7. The second-order valence-corrected chi connectivity index (χ2v) is 6.28. The summed E-state index contributed by atoms with van der Waals surface area (Å²) in [5.74, 6) is -1.86. The van der Waals surface area contributed by atoms with E-state index in [9.17, 15) is 17.6 Å². The van der Waals surface area contributed by atoms with Crippen molar-refractivity contribution in [1.29, 1.82) is 0 Å². The molecule has 0 aliphatic heterocycles. The molecule has 0 fully saturated rings. The van der Waals surface area contributed by atoms with Gasteiger partial charge in [-0.1, -0.05) is 24.9 Å². The highest BCUT2D eigenvalue weighted by atomic mass is 35.5. The van der Waals surface area contributed by atoms with Gasteiger partial charge in [0.05, 0.1) is 5.75 Å². The molecular formula is C12H15ClFNO3S. The van der Waals surface area contributed by atoms with Gasteiger partial charge < -0.3 is 0 Å². The molecule has 0 saturated heterocycles. The molecule has 0 aliphatic rings. The van der Waals surface area contributed by atoms with Crippen LogP contribution in [0.4, 0.5) is 4.39 Å². The molecule has 1 amide bonds. The molecule has 4 nitrogen and oxygen atoms in total. The summed E-state index contributed by atoms with van der Waals surface area (Å²) in [4.78, 5) is 11.3. The van der Waals surface area contributed by atoms with Crippen molar-refractivity contribution in [3.63, 3.8) is 0 Å². The zero-order chi connectivity index (χ0) is 14.5. The van der Waals surface area contributed by atoms with Crippen LogP contribution >= 0.6 is 11.6 Å². The Morgan fingerprint density at radius 2 is 2.11 bits per heavy atom. The molecule has 1 aromatic carbocycles. The monoisotopic (exact) mass is 307 g/mol. The first-order valence-corrected chi connectivity index (χ1v) is 7.84. The average molecular weight is 308 g/mol. The quantitative estimate of drug-likeness (QED) is 0.878. The summed E-state index contributed by atoms with van der Waals surface area (Å²) in [6, 6.07) is 3.64. The van der Waals surface area contributed by atoms with Gasteiger partial charge >= 0.3 is 0 Å². The fourth-order valence-electron chi connectivity index (χ4n) is 1.46. The molecule has 0 aromatic heterocycles. The Bertz CT molecular complexity index is 560. The fourth-order valence-corrected chi connectivity index (χ4v) is 2.80. The summed E-state index contributed by atoms with van der Waals surface area (Å²) in [5.41, 5.74) is -0.0664. The highest BCUT2D eigenvalue weighted by Gasteiger charge is 2.17. The maximum atomic E-state index is 13.4. The first kappa shape index (κ1) is 15.9. The van der Waals surface area contributed by atoms with Gasteiger partial charge in [-0.15, -0.1) is 0 Å². The van der Waals surface area contributed by atoms with Crippen LogP contribution in [0, 0.1) is 5.82 Å². The van der Waals surface area contributed by atoms with E-state index < -0.39 is 27.5 Å². The largest absolute Gasteiger partial charge is 0.274 e. The number of carbonyl (C=O) groups excluding carboxylic acids is 1. The maximum absolute atomic E-state index is 13.4. The first-order chi connectivity index (χ1) is 8.84. The van der Waals surface area contributed by atoms with Gasteiger partial charge in [-0.2, -0.15) is 0 Å². The number of sulfonamides is 1. The van der Waals surface area contributed by atoms with Gasteiger partial charge in [0, 0.05) is 17.0 Å². The average Bonchev–Trinajstić information content (AvgIpc) is 2.30. The van der Waals surface area contributed by atoms with Crippen LogP contribution in [0.25, 0.3) is 0 Å².